The maximum absolute atomic E-state index is 10.2. The zero-order valence-corrected chi connectivity index (χ0v) is 7.00. The third-order valence-corrected chi connectivity index (χ3v) is 1.22. The quantitative estimate of drug-likeness (QED) is 0.673. The van der Waals surface area contributed by atoms with Crippen LogP contribution in [0.15, 0.2) is 6.33 Å². The molecule has 0 aliphatic carbocycles. The number of nitrogens with zero attached hydrogens (tertiary/aromatic N) is 2. The molecule has 1 aromatic rings. The lowest BCUT2D eigenvalue weighted by Crippen LogP contribution is -2.09. The molecular weight excluding hydrogens is 196 g/mol. The summed E-state index contributed by atoms with van der Waals surface area (Å²) in [7, 11) is 1.43. The number of imidazole rings is 1. The number of hydrogen-bond acceptors (Lipinski definition) is 5. The summed E-state index contributed by atoms with van der Waals surface area (Å²) >= 11 is 0. The minimum absolute atomic E-state index is 0.292. The van der Waals surface area contributed by atoms with Crippen molar-refractivity contribution < 1.29 is 29.3 Å². The van der Waals surface area contributed by atoms with Crippen molar-refractivity contribution in [1.82, 2.24) is 9.55 Å². The van der Waals surface area contributed by atoms with Gasteiger partial charge in [0, 0.05) is 7.05 Å². The van der Waals surface area contributed by atoms with Gasteiger partial charge in [-0.15, -0.1) is 0 Å². The van der Waals surface area contributed by atoms with Gasteiger partial charge in [0.15, 0.2) is 0 Å². The number of aromatic nitrogens is 2. The molecule has 2 N–H and O–H groups in total. The molecular formula is C6H6N2O6. The fourth-order valence-electron chi connectivity index (χ4n) is 0.749. The van der Waals surface area contributed by atoms with Crippen molar-refractivity contribution in [3.63, 3.8) is 0 Å². The van der Waals surface area contributed by atoms with Crippen LogP contribution in [-0.4, -0.2) is 32.1 Å². The zero-order valence-electron chi connectivity index (χ0n) is 7.00. The monoisotopic (exact) mass is 202 g/mol. The summed E-state index contributed by atoms with van der Waals surface area (Å²) < 4.78 is 9.58. The molecule has 0 spiro atoms. The van der Waals surface area contributed by atoms with E-state index in [2.05, 4.69) is 14.5 Å². The fourth-order valence-corrected chi connectivity index (χ4v) is 0.749. The molecule has 0 aliphatic heterocycles. The Balaban J connectivity index is 2.93. The number of aryl methyl sites for hydroxylation is 1. The largest absolute Gasteiger partial charge is 0.512 e. The molecule has 0 aliphatic rings. The Morgan fingerprint density at radius 2 is 1.93 bits per heavy atom. The Labute approximate surface area is 77.3 Å². The first-order valence-corrected chi connectivity index (χ1v) is 3.33. The minimum Gasteiger partial charge on any atom is -0.449 e. The van der Waals surface area contributed by atoms with Gasteiger partial charge in [-0.25, -0.2) is 9.59 Å². The van der Waals surface area contributed by atoms with Crippen LogP contribution in [0.1, 0.15) is 0 Å². The first-order chi connectivity index (χ1) is 6.50. The van der Waals surface area contributed by atoms with Gasteiger partial charge in [0.1, 0.15) is 6.33 Å². The summed E-state index contributed by atoms with van der Waals surface area (Å²) in [6, 6.07) is 0. The number of carbonyl (C=O) groups is 2. The van der Waals surface area contributed by atoms with Crippen LogP contribution in [0.25, 0.3) is 0 Å². The molecule has 0 fully saturated rings. The van der Waals surface area contributed by atoms with Gasteiger partial charge in [-0.3, -0.25) is 0 Å². The predicted molar refractivity (Wildman–Crippen MR) is 40.5 cm³/mol. The van der Waals surface area contributed by atoms with E-state index in [-0.39, 0.29) is 5.88 Å². The molecule has 8 heteroatoms. The normalized spacial score (nSPS) is 9.50. The Kier molecular flexibility index (Phi) is 2.56. The van der Waals surface area contributed by atoms with Crippen LogP contribution in [0.5, 0.6) is 11.8 Å². The van der Waals surface area contributed by atoms with Crippen molar-refractivity contribution >= 4 is 12.3 Å². The fraction of sp³-hybridized carbons (Fsp3) is 0.167. The molecule has 1 heterocycles. The second kappa shape index (κ2) is 3.64. The average Bonchev–Trinajstić information content (AvgIpc) is 2.34. The van der Waals surface area contributed by atoms with Crippen LogP contribution in [0, 0.1) is 0 Å². The van der Waals surface area contributed by atoms with E-state index < -0.39 is 18.2 Å². The highest BCUT2D eigenvalue weighted by molar-refractivity contribution is 5.64. The molecule has 0 radical (unpaired) electrons. The van der Waals surface area contributed by atoms with Gasteiger partial charge in [0.05, 0.1) is 0 Å². The SMILES string of the molecule is Cn1cnc(OC(=O)O)c1OC(=O)O. The highest BCUT2D eigenvalue weighted by atomic mass is 16.7. The Morgan fingerprint density at radius 3 is 2.43 bits per heavy atom. The van der Waals surface area contributed by atoms with Crippen LogP contribution in [0.3, 0.4) is 0 Å². The van der Waals surface area contributed by atoms with E-state index in [1.54, 1.807) is 0 Å². The van der Waals surface area contributed by atoms with Gasteiger partial charge in [0.25, 0.3) is 11.8 Å². The second-order valence-corrected chi connectivity index (χ2v) is 2.20. The summed E-state index contributed by atoms with van der Waals surface area (Å²) in [6.07, 6.45) is -2.01. The topological polar surface area (TPSA) is 111 Å². The standard InChI is InChI=1S/C6H6N2O6/c1-8-2-7-3(13-5(9)10)4(8)14-6(11)12/h2H,1H3,(H,9,10)(H,11,12). The van der Waals surface area contributed by atoms with E-state index >= 15 is 0 Å². The molecule has 1 aromatic heterocycles. The first kappa shape index (κ1) is 9.84. The number of ether oxygens (including phenoxy) is 2. The lowest BCUT2D eigenvalue weighted by Gasteiger charge is -2.01. The van der Waals surface area contributed by atoms with Crippen molar-refractivity contribution in [2.24, 2.45) is 7.05 Å². The maximum Gasteiger partial charge on any atom is 0.512 e. The van der Waals surface area contributed by atoms with E-state index in [1.807, 2.05) is 0 Å². The molecule has 0 saturated carbocycles. The average molecular weight is 202 g/mol. The van der Waals surface area contributed by atoms with Gasteiger partial charge >= 0.3 is 12.3 Å². The van der Waals surface area contributed by atoms with E-state index in [0.717, 1.165) is 6.33 Å². The molecule has 0 amide bonds. The molecule has 0 saturated heterocycles. The summed E-state index contributed by atoms with van der Waals surface area (Å²) in [6.45, 7) is 0. The zero-order chi connectivity index (χ0) is 10.7. The smallest absolute Gasteiger partial charge is 0.449 e. The van der Waals surface area contributed by atoms with Crippen LogP contribution in [-0.2, 0) is 7.05 Å². The summed E-state index contributed by atoms with van der Waals surface area (Å²) in [5, 5.41) is 16.6. The van der Waals surface area contributed by atoms with Gasteiger partial charge in [-0.1, -0.05) is 0 Å². The van der Waals surface area contributed by atoms with E-state index in [1.165, 1.54) is 11.6 Å². The number of rotatable bonds is 2. The maximum atomic E-state index is 10.2. The molecule has 8 nitrogen and oxygen atoms in total. The number of hydrogen-bond donors (Lipinski definition) is 2. The molecule has 76 valence electrons. The third kappa shape index (κ3) is 2.12. The van der Waals surface area contributed by atoms with Crippen molar-refractivity contribution in [2.75, 3.05) is 0 Å². The third-order valence-electron chi connectivity index (χ3n) is 1.22. The van der Waals surface area contributed by atoms with Gasteiger partial charge in [-0.05, 0) is 0 Å². The Morgan fingerprint density at radius 1 is 1.36 bits per heavy atom. The summed E-state index contributed by atoms with van der Waals surface area (Å²) in [4.78, 5) is 23.8. The molecule has 0 aromatic carbocycles. The van der Waals surface area contributed by atoms with Gasteiger partial charge in [-0.2, -0.15) is 4.98 Å². The molecule has 0 atom stereocenters. The van der Waals surface area contributed by atoms with E-state index in [4.69, 9.17) is 10.2 Å². The van der Waals surface area contributed by atoms with Crippen molar-refractivity contribution in [3.05, 3.63) is 6.33 Å². The van der Waals surface area contributed by atoms with Crippen molar-refractivity contribution in [3.8, 4) is 11.8 Å². The Hall–Kier alpha value is -2.25. The number of carboxylic acid groups (broad SMARTS) is 2. The highest BCUT2D eigenvalue weighted by Gasteiger charge is 2.17. The molecule has 0 unspecified atom stereocenters. The van der Waals surface area contributed by atoms with E-state index in [9.17, 15) is 9.59 Å². The molecule has 1 rings (SSSR count). The molecule has 14 heavy (non-hydrogen) atoms. The van der Waals surface area contributed by atoms with Crippen LogP contribution in [0.2, 0.25) is 0 Å². The lowest BCUT2D eigenvalue weighted by atomic mass is 10.7. The van der Waals surface area contributed by atoms with Crippen LogP contribution in [0.4, 0.5) is 9.59 Å². The van der Waals surface area contributed by atoms with Crippen LogP contribution >= 0.6 is 0 Å². The van der Waals surface area contributed by atoms with Gasteiger partial charge < -0.3 is 24.3 Å². The summed E-state index contributed by atoms with van der Waals surface area (Å²) in [5.74, 6) is -0.706. The first-order valence-electron chi connectivity index (χ1n) is 3.33. The van der Waals surface area contributed by atoms with Crippen molar-refractivity contribution in [1.29, 1.82) is 0 Å². The van der Waals surface area contributed by atoms with Crippen LogP contribution < -0.4 is 9.47 Å². The highest BCUT2D eigenvalue weighted by Crippen LogP contribution is 2.24. The van der Waals surface area contributed by atoms with E-state index in [0.29, 0.717) is 0 Å². The lowest BCUT2D eigenvalue weighted by molar-refractivity contribution is 0.129. The predicted octanol–water partition coefficient (Wildman–Crippen LogP) is 0.534. The molecule has 0 bridgehead atoms. The van der Waals surface area contributed by atoms with Crippen molar-refractivity contribution in [2.45, 2.75) is 0 Å². The van der Waals surface area contributed by atoms with Gasteiger partial charge in [0.2, 0.25) is 0 Å². The summed E-state index contributed by atoms with van der Waals surface area (Å²) in [5.41, 5.74) is 0. The minimum atomic E-state index is -1.60. The Bertz CT molecular complexity index is 370. The second-order valence-electron chi connectivity index (χ2n) is 2.20.